The molecular formula is C18H21Cl2NO. The van der Waals surface area contributed by atoms with Crippen molar-refractivity contribution in [2.45, 2.75) is 40.2 Å². The number of nitrogens with zero attached hydrogens (tertiary/aromatic N) is 1. The summed E-state index contributed by atoms with van der Waals surface area (Å²) in [6, 6.07) is 5.43. The highest BCUT2D eigenvalue weighted by Gasteiger charge is 2.31. The molecule has 22 heavy (non-hydrogen) atoms. The maximum Gasteiger partial charge on any atom is 0.227 e. The van der Waals surface area contributed by atoms with Gasteiger partial charge in [-0.3, -0.25) is 4.79 Å². The Morgan fingerprint density at radius 1 is 1.36 bits per heavy atom. The molecule has 2 rings (SSSR count). The van der Waals surface area contributed by atoms with E-state index in [1.807, 2.05) is 11.8 Å². The van der Waals surface area contributed by atoms with E-state index in [1.54, 1.807) is 18.2 Å². The number of hydrogen-bond donors (Lipinski definition) is 0. The molecule has 1 aliphatic rings. The Balaban J connectivity index is 2.19. The van der Waals surface area contributed by atoms with Crippen LogP contribution < -0.4 is 0 Å². The van der Waals surface area contributed by atoms with E-state index in [9.17, 15) is 4.79 Å². The minimum absolute atomic E-state index is 0.0563. The maximum absolute atomic E-state index is 12.7. The summed E-state index contributed by atoms with van der Waals surface area (Å²) in [5.74, 6) is 0.0563. The van der Waals surface area contributed by atoms with E-state index >= 15 is 0 Å². The molecule has 1 unspecified atom stereocenters. The van der Waals surface area contributed by atoms with Gasteiger partial charge in [-0.15, -0.1) is 0 Å². The monoisotopic (exact) mass is 337 g/mol. The fourth-order valence-corrected chi connectivity index (χ4v) is 3.32. The summed E-state index contributed by atoms with van der Waals surface area (Å²) >= 11 is 12.3. The topological polar surface area (TPSA) is 20.3 Å². The van der Waals surface area contributed by atoms with Gasteiger partial charge in [-0.25, -0.2) is 0 Å². The van der Waals surface area contributed by atoms with Crippen molar-refractivity contribution in [3.05, 3.63) is 56.6 Å². The molecule has 1 heterocycles. The molecule has 0 bridgehead atoms. The molecule has 0 aliphatic carbocycles. The van der Waals surface area contributed by atoms with Crippen molar-refractivity contribution in [2.24, 2.45) is 0 Å². The number of hydrogen-bond acceptors (Lipinski definition) is 1. The first-order chi connectivity index (χ1) is 10.4. The first-order valence-electron chi connectivity index (χ1n) is 7.42. The Morgan fingerprint density at radius 3 is 2.50 bits per heavy atom. The van der Waals surface area contributed by atoms with E-state index in [2.05, 4.69) is 26.8 Å². The lowest BCUT2D eigenvalue weighted by Crippen LogP contribution is -2.36. The highest BCUT2D eigenvalue weighted by atomic mass is 35.5. The van der Waals surface area contributed by atoms with Gasteiger partial charge < -0.3 is 4.90 Å². The Kier molecular flexibility index (Phi) is 5.36. The first-order valence-corrected chi connectivity index (χ1v) is 8.17. The van der Waals surface area contributed by atoms with Gasteiger partial charge in [0.05, 0.1) is 12.5 Å². The van der Waals surface area contributed by atoms with Gasteiger partial charge in [0.15, 0.2) is 0 Å². The smallest absolute Gasteiger partial charge is 0.227 e. The Morgan fingerprint density at radius 2 is 1.95 bits per heavy atom. The van der Waals surface area contributed by atoms with Crippen molar-refractivity contribution in [1.29, 1.82) is 0 Å². The third kappa shape index (κ3) is 3.23. The molecule has 0 N–H and O–H groups in total. The summed E-state index contributed by atoms with van der Waals surface area (Å²) in [5, 5.41) is 1.09. The molecule has 0 spiro atoms. The average Bonchev–Trinajstić information content (AvgIpc) is 2.78. The van der Waals surface area contributed by atoms with Crippen LogP contribution in [0.3, 0.4) is 0 Å². The number of benzene rings is 1. The van der Waals surface area contributed by atoms with Gasteiger partial charge in [-0.1, -0.05) is 40.9 Å². The van der Waals surface area contributed by atoms with Crippen molar-refractivity contribution in [1.82, 2.24) is 4.90 Å². The Labute approximate surface area is 142 Å². The summed E-state index contributed by atoms with van der Waals surface area (Å²) < 4.78 is 0. The predicted octanol–water partition coefficient (Wildman–Crippen LogP) is 5.05. The number of rotatable bonds is 3. The molecule has 118 valence electrons. The zero-order valence-electron chi connectivity index (χ0n) is 13.4. The second kappa shape index (κ2) is 6.89. The van der Waals surface area contributed by atoms with Crippen LogP contribution in [0.5, 0.6) is 0 Å². The summed E-state index contributed by atoms with van der Waals surface area (Å²) in [4.78, 5) is 14.6. The first kappa shape index (κ1) is 17.1. The second-order valence-electron chi connectivity index (χ2n) is 5.71. The summed E-state index contributed by atoms with van der Waals surface area (Å²) in [6.07, 6.45) is 2.32. The second-order valence-corrected chi connectivity index (χ2v) is 6.52. The van der Waals surface area contributed by atoms with Crippen LogP contribution in [-0.2, 0) is 11.2 Å². The molecule has 1 atom stereocenters. The van der Waals surface area contributed by atoms with Crippen molar-refractivity contribution >= 4 is 29.1 Å². The molecule has 1 aliphatic heterocycles. The number of carbonyl (C=O) groups excluding carboxylic acids is 1. The van der Waals surface area contributed by atoms with E-state index in [0.29, 0.717) is 22.2 Å². The molecule has 2 nitrogen and oxygen atoms in total. The van der Waals surface area contributed by atoms with Gasteiger partial charge in [0.1, 0.15) is 0 Å². The SMILES string of the molecule is C/C=C(/C)C1=C(C)C(C)N(C(=O)Cc2c(Cl)cccc2Cl)C1. The third-order valence-electron chi connectivity index (χ3n) is 4.52. The lowest BCUT2D eigenvalue weighted by Gasteiger charge is -2.23. The van der Waals surface area contributed by atoms with Crippen LogP contribution in [0.4, 0.5) is 0 Å². The minimum atomic E-state index is 0.0563. The fourth-order valence-electron chi connectivity index (χ4n) is 2.79. The largest absolute Gasteiger partial charge is 0.332 e. The van der Waals surface area contributed by atoms with Gasteiger partial charge in [0, 0.05) is 16.6 Å². The van der Waals surface area contributed by atoms with Crippen molar-refractivity contribution < 1.29 is 4.79 Å². The molecular weight excluding hydrogens is 317 g/mol. The van der Waals surface area contributed by atoms with Gasteiger partial charge in [0.25, 0.3) is 0 Å². The lowest BCUT2D eigenvalue weighted by molar-refractivity contribution is -0.130. The third-order valence-corrected chi connectivity index (χ3v) is 5.23. The van der Waals surface area contributed by atoms with Gasteiger partial charge in [0.2, 0.25) is 5.91 Å². The van der Waals surface area contributed by atoms with Crippen LogP contribution in [0.25, 0.3) is 0 Å². The standard InChI is InChI=1S/C18H21Cl2NO/c1-5-11(2)15-10-21(13(4)12(15)3)18(22)9-14-16(19)7-6-8-17(14)20/h5-8,13H,9-10H2,1-4H3/b11-5-. The van der Waals surface area contributed by atoms with Crippen LogP contribution in [-0.4, -0.2) is 23.4 Å². The van der Waals surface area contributed by atoms with Gasteiger partial charge in [-0.2, -0.15) is 0 Å². The lowest BCUT2D eigenvalue weighted by atomic mass is 10.0. The normalized spacial score (nSPS) is 19.1. The summed E-state index contributed by atoms with van der Waals surface area (Å²) in [7, 11) is 0. The van der Waals surface area contributed by atoms with E-state index in [1.165, 1.54) is 16.7 Å². The van der Waals surface area contributed by atoms with Crippen molar-refractivity contribution in [3.63, 3.8) is 0 Å². The molecule has 0 fully saturated rings. The highest BCUT2D eigenvalue weighted by molar-refractivity contribution is 6.36. The molecule has 1 amide bonds. The number of carbonyl (C=O) groups is 1. The van der Waals surface area contributed by atoms with Crippen LogP contribution in [0.1, 0.15) is 33.3 Å². The number of allylic oxidation sites excluding steroid dienone is 1. The Bertz CT molecular complexity index is 641. The van der Waals surface area contributed by atoms with E-state index in [-0.39, 0.29) is 18.4 Å². The van der Waals surface area contributed by atoms with Crippen LogP contribution in [0.15, 0.2) is 41.0 Å². The van der Waals surface area contributed by atoms with Crippen molar-refractivity contribution in [3.8, 4) is 0 Å². The van der Waals surface area contributed by atoms with Crippen molar-refractivity contribution in [2.75, 3.05) is 6.54 Å². The number of halogens is 2. The zero-order valence-corrected chi connectivity index (χ0v) is 14.9. The highest BCUT2D eigenvalue weighted by Crippen LogP contribution is 2.31. The molecule has 1 aromatic carbocycles. The predicted molar refractivity (Wildman–Crippen MR) is 93.5 cm³/mol. The van der Waals surface area contributed by atoms with Gasteiger partial charge >= 0.3 is 0 Å². The van der Waals surface area contributed by atoms with Gasteiger partial charge in [-0.05, 0) is 56.5 Å². The summed E-state index contributed by atoms with van der Waals surface area (Å²) in [5.41, 5.74) is 4.45. The molecule has 4 heteroatoms. The molecule has 0 radical (unpaired) electrons. The molecule has 0 saturated heterocycles. The average molecular weight is 338 g/mol. The molecule has 1 aromatic rings. The fraction of sp³-hybridized carbons (Fsp3) is 0.389. The maximum atomic E-state index is 12.7. The van der Waals surface area contributed by atoms with E-state index < -0.39 is 0 Å². The van der Waals surface area contributed by atoms with E-state index in [4.69, 9.17) is 23.2 Å². The molecule has 0 saturated carbocycles. The minimum Gasteiger partial charge on any atom is -0.332 e. The summed E-state index contributed by atoms with van der Waals surface area (Å²) in [6.45, 7) is 8.93. The quantitative estimate of drug-likeness (QED) is 0.755. The number of amides is 1. The Hall–Kier alpha value is -1.25. The van der Waals surface area contributed by atoms with Crippen LogP contribution in [0.2, 0.25) is 10.0 Å². The van der Waals surface area contributed by atoms with E-state index in [0.717, 1.165) is 0 Å². The molecule has 0 aromatic heterocycles. The zero-order chi connectivity index (χ0) is 16.4. The van der Waals surface area contributed by atoms with Crippen LogP contribution >= 0.6 is 23.2 Å². The van der Waals surface area contributed by atoms with Crippen LogP contribution in [0, 0.1) is 0 Å².